The van der Waals surface area contributed by atoms with Crippen molar-refractivity contribution in [2.45, 2.75) is 32.3 Å². The molecule has 0 radical (unpaired) electrons. The Bertz CT molecular complexity index is 571. The van der Waals surface area contributed by atoms with Gasteiger partial charge in [0, 0.05) is 6.07 Å². The molecule has 2 rings (SSSR count). The largest absolute Gasteiger partial charge is 0.493 e. The van der Waals surface area contributed by atoms with Gasteiger partial charge in [-0.3, -0.25) is 0 Å². The van der Waals surface area contributed by atoms with E-state index in [2.05, 4.69) is 0 Å². The predicted molar refractivity (Wildman–Crippen MR) is 82.7 cm³/mol. The molecule has 1 saturated heterocycles. The van der Waals surface area contributed by atoms with Crippen molar-refractivity contribution in [1.29, 1.82) is 0 Å². The minimum absolute atomic E-state index is 0.0924. The summed E-state index contributed by atoms with van der Waals surface area (Å²) in [6.07, 6.45) is 1.91. The smallest absolute Gasteiger partial charge is 0.154 e. The average Bonchev–Trinajstić information content (AvgIpc) is 2.78. The van der Waals surface area contributed by atoms with E-state index in [0.29, 0.717) is 31.7 Å². The summed E-state index contributed by atoms with van der Waals surface area (Å²) in [7, 11) is -2.95. The Labute approximate surface area is 126 Å². The summed E-state index contributed by atoms with van der Waals surface area (Å²) >= 11 is 0. The van der Waals surface area contributed by atoms with Gasteiger partial charge in [-0.2, -0.15) is 0 Å². The lowest BCUT2D eigenvalue weighted by Crippen LogP contribution is -2.19. The molecule has 1 aliphatic heterocycles. The SMILES string of the molecule is CCCOc1ccc(CCN)c(OC2CCS(=O)(=O)C2)c1. The molecule has 0 aliphatic carbocycles. The van der Waals surface area contributed by atoms with E-state index in [1.165, 1.54) is 0 Å². The van der Waals surface area contributed by atoms with E-state index < -0.39 is 9.84 Å². The lowest BCUT2D eigenvalue weighted by atomic mass is 10.1. The van der Waals surface area contributed by atoms with Gasteiger partial charge in [-0.05, 0) is 37.4 Å². The van der Waals surface area contributed by atoms with E-state index >= 15 is 0 Å². The van der Waals surface area contributed by atoms with Crippen molar-refractivity contribution in [3.05, 3.63) is 23.8 Å². The summed E-state index contributed by atoms with van der Waals surface area (Å²) in [5.74, 6) is 1.73. The number of sulfone groups is 1. The first-order chi connectivity index (χ1) is 10.0. The van der Waals surface area contributed by atoms with Gasteiger partial charge in [-0.15, -0.1) is 0 Å². The van der Waals surface area contributed by atoms with Crippen molar-refractivity contribution in [2.75, 3.05) is 24.7 Å². The summed E-state index contributed by atoms with van der Waals surface area (Å²) in [5, 5.41) is 0. The second-order valence-electron chi connectivity index (χ2n) is 5.30. The van der Waals surface area contributed by atoms with Crippen molar-refractivity contribution in [2.24, 2.45) is 5.73 Å². The van der Waals surface area contributed by atoms with Gasteiger partial charge >= 0.3 is 0 Å². The van der Waals surface area contributed by atoms with Gasteiger partial charge in [0.15, 0.2) is 9.84 Å². The second-order valence-corrected chi connectivity index (χ2v) is 7.53. The first-order valence-electron chi connectivity index (χ1n) is 7.37. The number of hydrogen-bond donors (Lipinski definition) is 1. The Kier molecular flexibility index (Phi) is 5.47. The van der Waals surface area contributed by atoms with Crippen molar-refractivity contribution in [3.8, 4) is 11.5 Å². The zero-order chi connectivity index (χ0) is 15.3. The molecule has 1 atom stereocenters. The summed E-state index contributed by atoms with van der Waals surface area (Å²) in [6.45, 7) is 3.21. The molecule has 5 nitrogen and oxygen atoms in total. The summed E-state index contributed by atoms with van der Waals surface area (Å²) in [5.41, 5.74) is 6.61. The van der Waals surface area contributed by atoms with Gasteiger partial charge in [-0.25, -0.2) is 8.42 Å². The van der Waals surface area contributed by atoms with Crippen LogP contribution in [0.3, 0.4) is 0 Å². The summed E-state index contributed by atoms with van der Waals surface area (Å²) in [4.78, 5) is 0. The first kappa shape index (κ1) is 16.1. The van der Waals surface area contributed by atoms with Gasteiger partial charge in [-0.1, -0.05) is 13.0 Å². The fraction of sp³-hybridized carbons (Fsp3) is 0.600. The maximum atomic E-state index is 11.5. The van der Waals surface area contributed by atoms with Crippen LogP contribution in [0, 0.1) is 0 Å². The molecular weight excluding hydrogens is 290 g/mol. The molecule has 0 saturated carbocycles. The third-order valence-corrected chi connectivity index (χ3v) is 5.15. The van der Waals surface area contributed by atoms with Crippen LogP contribution in [-0.2, 0) is 16.3 Å². The quantitative estimate of drug-likeness (QED) is 0.826. The van der Waals surface area contributed by atoms with Crippen molar-refractivity contribution >= 4 is 9.84 Å². The zero-order valence-electron chi connectivity index (χ0n) is 12.4. The predicted octanol–water partition coefficient (Wildman–Crippen LogP) is 1.54. The van der Waals surface area contributed by atoms with Gasteiger partial charge < -0.3 is 15.2 Å². The number of ether oxygens (including phenoxy) is 2. The molecule has 6 heteroatoms. The topological polar surface area (TPSA) is 78.6 Å². The highest BCUT2D eigenvalue weighted by molar-refractivity contribution is 7.91. The molecule has 1 aliphatic rings. The van der Waals surface area contributed by atoms with Crippen molar-refractivity contribution < 1.29 is 17.9 Å². The van der Waals surface area contributed by atoms with Gasteiger partial charge in [0.25, 0.3) is 0 Å². The van der Waals surface area contributed by atoms with Crippen LogP contribution in [0.15, 0.2) is 18.2 Å². The third kappa shape index (κ3) is 4.61. The highest BCUT2D eigenvalue weighted by atomic mass is 32.2. The molecular formula is C15H23NO4S. The molecule has 1 unspecified atom stereocenters. The van der Waals surface area contributed by atoms with E-state index in [-0.39, 0.29) is 17.6 Å². The highest BCUT2D eigenvalue weighted by Gasteiger charge is 2.29. The molecule has 0 amide bonds. The van der Waals surface area contributed by atoms with Crippen LogP contribution in [0.4, 0.5) is 0 Å². The Hall–Kier alpha value is -1.27. The molecule has 2 N–H and O–H groups in total. The lowest BCUT2D eigenvalue weighted by molar-refractivity contribution is 0.224. The molecule has 1 aromatic rings. The molecule has 0 bridgehead atoms. The maximum Gasteiger partial charge on any atom is 0.154 e. The zero-order valence-corrected chi connectivity index (χ0v) is 13.2. The van der Waals surface area contributed by atoms with Crippen LogP contribution in [0.2, 0.25) is 0 Å². The van der Waals surface area contributed by atoms with E-state index in [0.717, 1.165) is 17.7 Å². The number of rotatable bonds is 7. The number of hydrogen-bond acceptors (Lipinski definition) is 5. The van der Waals surface area contributed by atoms with Crippen molar-refractivity contribution in [3.63, 3.8) is 0 Å². The van der Waals surface area contributed by atoms with Crippen LogP contribution in [0.5, 0.6) is 11.5 Å². The van der Waals surface area contributed by atoms with Crippen LogP contribution < -0.4 is 15.2 Å². The molecule has 1 heterocycles. The summed E-state index contributed by atoms with van der Waals surface area (Å²) < 4.78 is 34.6. The number of nitrogens with two attached hydrogens (primary N) is 1. The first-order valence-corrected chi connectivity index (χ1v) is 9.19. The fourth-order valence-corrected chi connectivity index (χ4v) is 3.94. The normalized spacial score (nSPS) is 20.4. The van der Waals surface area contributed by atoms with Crippen LogP contribution >= 0.6 is 0 Å². The van der Waals surface area contributed by atoms with Gasteiger partial charge in [0.1, 0.15) is 17.6 Å². The monoisotopic (exact) mass is 313 g/mol. The van der Waals surface area contributed by atoms with Gasteiger partial charge in [0.05, 0.1) is 18.1 Å². The molecule has 21 heavy (non-hydrogen) atoms. The Morgan fingerprint density at radius 2 is 2.19 bits per heavy atom. The Morgan fingerprint density at radius 1 is 1.38 bits per heavy atom. The molecule has 1 fully saturated rings. The van der Waals surface area contributed by atoms with E-state index in [4.69, 9.17) is 15.2 Å². The minimum atomic E-state index is -2.95. The Balaban J connectivity index is 2.14. The number of benzene rings is 1. The van der Waals surface area contributed by atoms with Crippen molar-refractivity contribution in [1.82, 2.24) is 0 Å². The second kappa shape index (κ2) is 7.13. The van der Waals surface area contributed by atoms with Crippen LogP contribution in [0.25, 0.3) is 0 Å². The minimum Gasteiger partial charge on any atom is -0.493 e. The summed E-state index contributed by atoms with van der Waals surface area (Å²) in [6, 6.07) is 5.68. The third-order valence-electron chi connectivity index (χ3n) is 3.41. The van der Waals surface area contributed by atoms with E-state index in [1.807, 2.05) is 25.1 Å². The van der Waals surface area contributed by atoms with E-state index in [9.17, 15) is 8.42 Å². The van der Waals surface area contributed by atoms with Gasteiger partial charge in [0.2, 0.25) is 0 Å². The molecule has 1 aromatic carbocycles. The van der Waals surface area contributed by atoms with Crippen LogP contribution in [-0.4, -0.2) is 39.2 Å². The van der Waals surface area contributed by atoms with E-state index in [1.54, 1.807) is 0 Å². The molecule has 0 spiro atoms. The van der Waals surface area contributed by atoms with Crippen LogP contribution in [0.1, 0.15) is 25.3 Å². The Morgan fingerprint density at radius 3 is 2.81 bits per heavy atom. The molecule has 0 aromatic heterocycles. The lowest BCUT2D eigenvalue weighted by Gasteiger charge is -2.17. The highest BCUT2D eigenvalue weighted by Crippen LogP contribution is 2.28. The average molecular weight is 313 g/mol. The standard InChI is InChI=1S/C15H23NO4S/c1-2-8-19-13-4-3-12(5-7-16)15(10-13)20-14-6-9-21(17,18)11-14/h3-4,10,14H,2,5-9,11,16H2,1H3. The maximum absolute atomic E-state index is 11.5. The molecule has 118 valence electrons. The fourth-order valence-electron chi connectivity index (χ4n) is 2.35.